The molecule has 6 heteroatoms. The van der Waals surface area contributed by atoms with Crippen LogP contribution in [0.15, 0.2) is 36.7 Å². The molecular weight excluding hydrogens is 242 g/mol. The van der Waals surface area contributed by atoms with Crippen molar-refractivity contribution in [2.75, 3.05) is 7.11 Å². The maximum Gasteiger partial charge on any atom is 0.224 e. The Morgan fingerprint density at radius 3 is 2.95 bits per heavy atom. The summed E-state index contributed by atoms with van der Waals surface area (Å²) in [5, 5.41) is 17.2. The van der Waals surface area contributed by atoms with E-state index in [4.69, 9.17) is 10.00 Å². The third kappa shape index (κ3) is 1.77. The number of ether oxygens (including phenoxy) is 1. The minimum absolute atomic E-state index is 0.471. The van der Waals surface area contributed by atoms with Crippen LogP contribution in [-0.4, -0.2) is 26.7 Å². The Kier molecular flexibility index (Phi) is 2.58. The first kappa shape index (κ1) is 11.2. The van der Waals surface area contributed by atoms with Crippen LogP contribution in [0.3, 0.4) is 0 Å². The van der Waals surface area contributed by atoms with Crippen molar-refractivity contribution in [3.8, 4) is 23.3 Å². The maximum absolute atomic E-state index is 8.96. The second-order valence-electron chi connectivity index (χ2n) is 3.84. The zero-order chi connectivity index (χ0) is 13.2. The van der Waals surface area contributed by atoms with Gasteiger partial charge in [-0.3, -0.25) is 4.40 Å². The summed E-state index contributed by atoms with van der Waals surface area (Å²) in [7, 11) is 1.55. The quantitative estimate of drug-likeness (QED) is 0.692. The van der Waals surface area contributed by atoms with Gasteiger partial charge in [0, 0.05) is 12.4 Å². The summed E-state index contributed by atoms with van der Waals surface area (Å²) in [5.41, 5.74) is 1.93. The van der Waals surface area contributed by atoms with Crippen molar-refractivity contribution in [2.24, 2.45) is 0 Å². The summed E-state index contributed by atoms with van der Waals surface area (Å²) in [6.45, 7) is 0. The van der Waals surface area contributed by atoms with Gasteiger partial charge in [-0.25, -0.2) is 4.98 Å². The summed E-state index contributed by atoms with van der Waals surface area (Å²) in [4.78, 5) is 4.13. The molecule has 3 heterocycles. The number of fused-ring (bicyclic) bond motifs is 1. The zero-order valence-corrected chi connectivity index (χ0v) is 10.1. The van der Waals surface area contributed by atoms with E-state index in [9.17, 15) is 0 Å². The molecule has 3 aromatic rings. The van der Waals surface area contributed by atoms with Gasteiger partial charge < -0.3 is 4.74 Å². The summed E-state index contributed by atoms with van der Waals surface area (Å²) < 4.78 is 6.97. The number of hydrogen-bond acceptors (Lipinski definition) is 5. The van der Waals surface area contributed by atoms with Crippen LogP contribution in [-0.2, 0) is 0 Å². The van der Waals surface area contributed by atoms with Crippen LogP contribution in [0.25, 0.3) is 17.0 Å². The fraction of sp³-hybridized carbons (Fsp3) is 0.0769. The second kappa shape index (κ2) is 4.38. The predicted molar refractivity (Wildman–Crippen MR) is 67.5 cm³/mol. The number of methoxy groups -OCH3 is 1. The van der Waals surface area contributed by atoms with Gasteiger partial charge in [0.15, 0.2) is 11.5 Å². The Morgan fingerprint density at radius 1 is 1.26 bits per heavy atom. The Labute approximate surface area is 108 Å². The standard InChI is InChI=1S/C13H9N5O/c1-19-13-10(3-2-6-15-13)12-17-16-11-5-4-9(7-14)8-18(11)12/h2-6,8H,1H3. The van der Waals surface area contributed by atoms with Crippen LogP contribution in [0, 0.1) is 11.3 Å². The van der Waals surface area contributed by atoms with Gasteiger partial charge in [0.1, 0.15) is 6.07 Å². The Bertz CT molecular complexity index is 787. The lowest BCUT2D eigenvalue weighted by atomic mass is 10.2. The summed E-state index contributed by atoms with van der Waals surface area (Å²) >= 11 is 0. The molecule has 0 fully saturated rings. The van der Waals surface area contributed by atoms with Crippen molar-refractivity contribution in [1.29, 1.82) is 5.26 Å². The van der Waals surface area contributed by atoms with Crippen molar-refractivity contribution in [2.45, 2.75) is 0 Å². The van der Waals surface area contributed by atoms with Gasteiger partial charge in [0.2, 0.25) is 5.88 Å². The molecule has 0 bridgehead atoms. The molecule has 3 aromatic heterocycles. The largest absolute Gasteiger partial charge is 0.480 e. The molecule has 0 amide bonds. The molecule has 0 aliphatic heterocycles. The lowest BCUT2D eigenvalue weighted by molar-refractivity contribution is 0.399. The van der Waals surface area contributed by atoms with E-state index in [0.717, 1.165) is 5.56 Å². The number of nitriles is 1. The molecule has 3 rings (SSSR count). The molecule has 0 N–H and O–H groups in total. The van der Waals surface area contributed by atoms with Gasteiger partial charge in [0.25, 0.3) is 0 Å². The summed E-state index contributed by atoms with van der Waals surface area (Å²) in [6, 6.07) is 9.19. The first-order valence-electron chi connectivity index (χ1n) is 5.58. The van der Waals surface area contributed by atoms with Crippen LogP contribution in [0.5, 0.6) is 5.88 Å². The Hall–Kier alpha value is -2.94. The van der Waals surface area contributed by atoms with E-state index in [0.29, 0.717) is 22.9 Å². The zero-order valence-electron chi connectivity index (χ0n) is 10.1. The van der Waals surface area contributed by atoms with E-state index in [1.807, 2.05) is 6.07 Å². The molecule has 0 unspecified atom stereocenters. The maximum atomic E-state index is 8.96. The molecule has 0 radical (unpaired) electrons. The lowest BCUT2D eigenvalue weighted by Crippen LogP contribution is -1.95. The third-order valence-electron chi connectivity index (χ3n) is 2.74. The van der Waals surface area contributed by atoms with Gasteiger partial charge in [0.05, 0.1) is 18.2 Å². The predicted octanol–water partition coefficient (Wildman–Crippen LogP) is 1.67. The van der Waals surface area contributed by atoms with Crippen molar-refractivity contribution >= 4 is 5.65 Å². The molecule has 0 aliphatic rings. The highest BCUT2D eigenvalue weighted by atomic mass is 16.5. The fourth-order valence-corrected chi connectivity index (χ4v) is 1.86. The van der Waals surface area contributed by atoms with Crippen LogP contribution in [0.4, 0.5) is 0 Å². The fourth-order valence-electron chi connectivity index (χ4n) is 1.86. The van der Waals surface area contributed by atoms with E-state index in [2.05, 4.69) is 21.3 Å². The monoisotopic (exact) mass is 251 g/mol. The van der Waals surface area contributed by atoms with E-state index in [1.54, 1.807) is 42.1 Å². The third-order valence-corrected chi connectivity index (χ3v) is 2.74. The lowest BCUT2D eigenvalue weighted by Gasteiger charge is -2.05. The van der Waals surface area contributed by atoms with Crippen molar-refractivity contribution in [1.82, 2.24) is 19.6 Å². The number of rotatable bonds is 2. The smallest absolute Gasteiger partial charge is 0.224 e. The average molecular weight is 251 g/mol. The van der Waals surface area contributed by atoms with Gasteiger partial charge in [-0.15, -0.1) is 10.2 Å². The molecule has 0 saturated heterocycles. The van der Waals surface area contributed by atoms with Gasteiger partial charge in [-0.05, 0) is 24.3 Å². The molecule has 0 aromatic carbocycles. The molecular formula is C13H9N5O. The Morgan fingerprint density at radius 2 is 2.16 bits per heavy atom. The molecule has 0 atom stereocenters. The highest BCUT2D eigenvalue weighted by Crippen LogP contribution is 2.26. The van der Waals surface area contributed by atoms with Crippen molar-refractivity contribution < 1.29 is 4.74 Å². The van der Waals surface area contributed by atoms with Gasteiger partial charge >= 0.3 is 0 Å². The minimum atomic E-state index is 0.471. The SMILES string of the molecule is COc1ncccc1-c1nnc2ccc(C#N)cn12. The van der Waals surface area contributed by atoms with E-state index < -0.39 is 0 Å². The average Bonchev–Trinajstić information content (AvgIpc) is 2.89. The van der Waals surface area contributed by atoms with Gasteiger partial charge in [-0.1, -0.05) is 0 Å². The molecule has 0 saturated carbocycles. The van der Waals surface area contributed by atoms with Crippen LogP contribution in [0.1, 0.15) is 5.56 Å². The molecule has 0 aliphatic carbocycles. The van der Waals surface area contributed by atoms with Gasteiger partial charge in [-0.2, -0.15) is 5.26 Å². The Balaban J connectivity index is 2.28. The van der Waals surface area contributed by atoms with E-state index in [-0.39, 0.29) is 0 Å². The van der Waals surface area contributed by atoms with Crippen LogP contribution in [0.2, 0.25) is 0 Å². The van der Waals surface area contributed by atoms with E-state index in [1.165, 1.54) is 0 Å². The number of hydrogen-bond donors (Lipinski definition) is 0. The highest BCUT2D eigenvalue weighted by Gasteiger charge is 2.13. The van der Waals surface area contributed by atoms with Crippen LogP contribution < -0.4 is 4.74 Å². The summed E-state index contributed by atoms with van der Waals surface area (Å²) in [6.07, 6.45) is 3.34. The minimum Gasteiger partial charge on any atom is -0.480 e. The topological polar surface area (TPSA) is 76.1 Å². The second-order valence-corrected chi connectivity index (χ2v) is 3.84. The molecule has 6 nitrogen and oxygen atoms in total. The van der Waals surface area contributed by atoms with Crippen molar-refractivity contribution in [3.05, 3.63) is 42.2 Å². The normalized spacial score (nSPS) is 10.3. The highest BCUT2D eigenvalue weighted by molar-refractivity contribution is 5.64. The molecule has 0 spiro atoms. The number of aromatic nitrogens is 4. The summed E-state index contributed by atoms with van der Waals surface area (Å²) in [5.74, 6) is 1.07. The number of pyridine rings is 2. The number of nitrogens with zero attached hydrogens (tertiary/aromatic N) is 5. The first-order valence-corrected chi connectivity index (χ1v) is 5.58. The van der Waals surface area contributed by atoms with E-state index >= 15 is 0 Å². The van der Waals surface area contributed by atoms with Crippen LogP contribution >= 0.6 is 0 Å². The molecule has 92 valence electrons. The first-order chi connectivity index (χ1) is 9.33. The molecule has 19 heavy (non-hydrogen) atoms. The van der Waals surface area contributed by atoms with Crippen molar-refractivity contribution in [3.63, 3.8) is 0 Å².